The molecule has 19 nitrogen and oxygen atoms in total. The summed E-state index contributed by atoms with van der Waals surface area (Å²) in [4.78, 5) is 71.3. The number of phosphoric ester groups is 3. The SMILES string of the molecule is CCCCCCC(=O)OCC(COP(=O)(O)O[C@@H]1[C@H](O)[C@H](O)[C@@H](OP(=O)(O)O)[C@H](OP(=O)(O)O)[C@H]1O)OC(=O)CCCCCC. The predicted octanol–water partition coefficient (Wildman–Crippen LogP) is 0.936. The largest absolute Gasteiger partial charge is 0.472 e. The molecule has 8 N–H and O–H groups in total. The summed E-state index contributed by atoms with van der Waals surface area (Å²) in [6.07, 6.45) is -10.0. The molecule has 8 atom stereocenters. The van der Waals surface area contributed by atoms with E-state index in [4.69, 9.17) is 28.3 Å². The first-order valence-electron chi connectivity index (χ1n) is 14.3. The van der Waals surface area contributed by atoms with E-state index in [0.717, 1.165) is 38.5 Å². The highest BCUT2D eigenvalue weighted by Crippen LogP contribution is 2.51. The Balaban J connectivity index is 3.01. The zero-order valence-electron chi connectivity index (χ0n) is 24.9. The van der Waals surface area contributed by atoms with Gasteiger partial charge in [0.2, 0.25) is 0 Å². The van der Waals surface area contributed by atoms with Gasteiger partial charge < -0.3 is 49.3 Å². The molecule has 45 heavy (non-hydrogen) atoms. The predicted molar refractivity (Wildman–Crippen MR) is 151 cm³/mol. The maximum Gasteiger partial charge on any atom is 0.472 e. The molecule has 0 aliphatic heterocycles. The molecular formula is C23H45O19P3. The van der Waals surface area contributed by atoms with Crippen LogP contribution in [0.5, 0.6) is 0 Å². The highest BCUT2D eigenvalue weighted by Gasteiger charge is 2.56. The third-order valence-corrected chi connectivity index (χ3v) is 8.44. The molecule has 0 aromatic heterocycles. The lowest BCUT2D eigenvalue weighted by Gasteiger charge is -2.44. The van der Waals surface area contributed by atoms with E-state index in [0.29, 0.717) is 12.8 Å². The Morgan fingerprint density at radius 3 is 1.58 bits per heavy atom. The number of esters is 2. The van der Waals surface area contributed by atoms with Gasteiger partial charge in [-0.05, 0) is 12.8 Å². The lowest BCUT2D eigenvalue weighted by molar-refractivity contribution is -0.213. The Hall–Kier alpha value is -0.850. The van der Waals surface area contributed by atoms with Crippen LogP contribution in [0.2, 0.25) is 0 Å². The van der Waals surface area contributed by atoms with Gasteiger partial charge in [-0.15, -0.1) is 0 Å². The van der Waals surface area contributed by atoms with Crippen molar-refractivity contribution >= 4 is 35.4 Å². The summed E-state index contributed by atoms with van der Waals surface area (Å²) in [5.41, 5.74) is 0. The summed E-state index contributed by atoms with van der Waals surface area (Å²) in [5, 5.41) is 31.3. The first-order valence-corrected chi connectivity index (χ1v) is 18.9. The number of unbranched alkanes of at least 4 members (excludes halogenated alkanes) is 6. The zero-order chi connectivity index (χ0) is 34.4. The minimum Gasteiger partial charge on any atom is -0.462 e. The number of phosphoric acid groups is 3. The molecule has 2 unspecified atom stereocenters. The molecule has 1 aliphatic carbocycles. The van der Waals surface area contributed by atoms with E-state index in [9.17, 15) is 53.3 Å². The van der Waals surface area contributed by atoms with Crippen molar-refractivity contribution in [2.75, 3.05) is 13.2 Å². The number of rotatable bonds is 22. The molecule has 1 saturated carbocycles. The third-order valence-electron chi connectivity index (χ3n) is 6.41. The van der Waals surface area contributed by atoms with Gasteiger partial charge in [0.15, 0.2) is 6.10 Å². The lowest BCUT2D eigenvalue weighted by Crippen LogP contribution is -2.65. The fraction of sp³-hybridized carbons (Fsp3) is 0.913. The van der Waals surface area contributed by atoms with Crippen LogP contribution in [0.3, 0.4) is 0 Å². The van der Waals surface area contributed by atoms with Crippen molar-refractivity contribution in [1.82, 2.24) is 0 Å². The average molecular weight is 719 g/mol. The highest BCUT2D eigenvalue weighted by atomic mass is 31.2. The second-order valence-electron chi connectivity index (χ2n) is 10.3. The van der Waals surface area contributed by atoms with Gasteiger partial charge in [0.1, 0.15) is 43.2 Å². The van der Waals surface area contributed by atoms with Crippen LogP contribution in [0.25, 0.3) is 0 Å². The van der Waals surface area contributed by atoms with Crippen molar-refractivity contribution < 1.29 is 90.6 Å². The van der Waals surface area contributed by atoms with Crippen molar-refractivity contribution in [2.24, 2.45) is 0 Å². The summed E-state index contributed by atoms with van der Waals surface area (Å²) in [6, 6.07) is 0. The smallest absolute Gasteiger partial charge is 0.462 e. The number of hydrogen-bond donors (Lipinski definition) is 8. The maximum absolute atomic E-state index is 12.8. The van der Waals surface area contributed by atoms with E-state index >= 15 is 0 Å². The van der Waals surface area contributed by atoms with E-state index < -0.39 is 91.3 Å². The molecule has 0 saturated heterocycles. The van der Waals surface area contributed by atoms with E-state index in [1.807, 2.05) is 13.8 Å². The molecule has 266 valence electrons. The molecule has 22 heteroatoms. The summed E-state index contributed by atoms with van der Waals surface area (Å²) in [6.45, 7) is 2.49. The molecule has 1 fully saturated rings. The van der Waals surface area contributed by atoms with Crippen LogP contribution in [-0.2, 0) is 50.9 Å². The van der Waals surface area contributed by atoms with Crippen LogP contribution in [0, 0.1) is 0 Å². The van der Waals surface area contributed by atoms with E-state index in [2.05, 4.69) is 9.05 Å². The zero-order valence-corrected chi connectivity index (χ0v) is 27.6. The molecule has 0 spiro atoms. The molecule has 0 bridgehead atoms. The van der Waals surface area contributed by atoms with Crippen LogP contribution in [0.4, 0.5) is 0 Å². The molecule has 0 aromatic rings. The second kappa shape index (κ2) is 19.8. The number of aliphatic hydroxyl groups is 3. The third kappa shape index (κ3) is 17.2. The summed E-state index contributed by atoms with van der Waals surface area (Å²) >= 11 is 0. The molecule has 0 radical (unpaired) electrons. The molecule has 0 heterocycles. The van der Waals surface area contributed by atoms with Crippen LogP contribution in [-0.4, -0.2) is 108 Å². The fourth-order valence-electron chi connectivity index (χ4n) is 4.23. The van der Waals surface area contributed by atoms with E-state index in [-0.39, 0.29) is 12.8 Å². The van der Waals surface area contributed by atoms with Gasteiger partial charge >= 0.3 is 35.4 Å². The van der Waals surface area contributed by atoms with Crippen LogP contribution < -0.4 is 0 Å². The first-order chi connectivity index (χ1) is 20.8. The summed E-state index contributed by atoms with van der Waals surface area (Å²) in [7, 11) is -16.5. The fourth-order valence-corrected chi connectivity index (χ4v) is 6.32. The van der Waals surface area contributed by atoms with Gasteiger partial charge in [-0.1, -0.05) is 52.4 Å². The summed E-state index contributed by atoms with van der Waals surface area (Å²) in [5.74, 6) is -1.34. The molecule has 0 aromatic carbocycles. The normalized spacial score (nSPS) is 26.2. The van der Waals surface area contributed by atoms with Crippen molar-refractivity contribution in [3.8, 4) is 0 Å². The lowest BCUT2D eigenvalue weighted by atomic mass is 9.85. The Morgan fingerprint density at radius 1 is 0.622 bits per heavy atom. The Labute approximate surface area is 260 Å². The van der Waals surface area contributed by atoms with Gasteiger partial charge in [-0.2, -0.15) is 0 Å². The Kier molecular flexibility index (Phi) is 18.6. The average Bonchev–Trinajstić information content (AvgIpc) is 2.92. The van der Waals surface area contributed by atoms with Crippen molar-refractivity contribution in [1.29, 1.82) is 0 Å². The molecular weight excluding hydrogens is 673 g/mol. The molecule has 0 amide bonds. The number of aliphatic hydroxyl groups excluding tert-OH is 3. The van der Waals surface area contributed by atoms with Crippen LogP contribution in [0.1, 0.15) is 78.1 Å². The van der Waals surface area contributed by atoms with Gasteiger partial charge in [-0.3, -0.25) is 27.7 Å². The Morgan fingerprint density at radius 2 is 1.09 bits per heavy atom. The maximum atomic E-state index is 12.8. The topological polar surface area (TPSA) is 303 Å². The molecule has 1 rings (SSSR count). The van der Waals surface area contributed by atoms with Crippen LogP contribution in [0.15, 0.2) is 0 Å². The van der Waals surface area contributed by atoms with Crippen molar-refractivity contribution in [3.05, 3.63) is 0 Å². The highest BCUT2D eigenvalue weighted by molar-refractivity contribution is 7.47. The van der Waals surface area contributed by atoms with E-state index in [1.54, 1.807) is 0 Å². The van der Waals surface area contributed by atoms with Crippen molar-refractivity contribution in [2.45, 2.75) is 121 Å². The second-order valence-corrected chi connectivity index (χ2v) is 14.1. The van der Waals surface area contributed by atoms with Gasteiger partial charge in [0, 0.05) is 12.8 Å². The first kappa shape index (κ1) is 42.2. The summed E-state index contributed by atoms with van der Waals surface area (Å²) < 4.78 is 63.9. The number of carbonyl (C=O) groups is 2. The van der Waals surface area contributed by atoms with Crippen LogP contribution >= 0.6 is 23.5 Å². The minimum absolute atomic E-state index is 0.00803. The van der Waals surface area contributed by atoms with Gasteiger partial charge in [0.25, 0.3) is 0 Å². The monoisotopic (exact) mass is 718 g/mol. The number of ether oxygens (including phenoxy) is 2. The minimum atomic E-state index is -5.57. The quantitative estimate of drug-likeness (QED) is 0.0439. The number of carbonyl (C=O) groups excluding carboxylic acids is 2. The van der Waals surface area contributed by atoms with Gasteiger partial charge in [-0.25, -0.2) is 13.7 Å². The van der Waals surface area contributed by atoms with Gasteiger partial charge in [0.05, 0.1) is 6.61 Å². The standard InChI is InChI=1S/C23H45O19P3/c1-3-5-7-9-11-16(24)37-13-15(39-17(25)12-10-8-6-4-2)14-38-45(35,36)42-21-18(26)19(27)22(40-43(29,30)31)23(20(21)28)41-44(32,33)34/h15,18-23,26-28H,3-14H2,1-2H3,(H,35,36)(H2,29,30,31)(H2,32,33,34)/t15?,18-,19+,20+,21-,22-,23-/m1/s1. The number of hydrogen-bond acceptors (Lipinski definition) is 14. The Bertz CT molecular complexity index is 1050. The van der Waals surface area contributed by atoms with E-state index in [1.165, 1.54) is 0 Å². The molecule has 1 aliphatic rings. The van der Waals surface area contributed by atoms with Crippen molar-refractivity contribution in [3.63, 3.8) is 0 Å².